The van der Waals surface area contributed by atoms with E-state index < -0.39 is 0 Å². The molecule has 0 saturated heterocycles. The number of hydrogen-bond acceptors (Lipinski definition) is 2. The van der Waals surface area contributed by atoms with E-state index in [9.17, 15) is 0 Å². The molecule has 5 aromatic rings. The second-order valence-electron chi connectivity index (χ2n) is 6.28. The minimum Gasteiger partial charge on any atom is -0.291 e. The van der Waals surface area contributed by atoms with E-state index in [-0.39, 0.29) is 0 Å². The molecule has 0 aliphatic rings. The summed E-state index contributed by atoms with van der Waals surface area (Å²) in [6, 6.07) is 31.5. The van der Waals surface area contributed by atoms with Crippen LogP contribution in [0.25, 0.3) is 27.8 Å². The number of imidazole rings is 1. The van der Waals surface area contributed by atoms with Crippen LogP contribution in [0.5, 0.6) is 0 Å². The van der Waals surface area contributed by atoms with Crippen molar-refractivity contribution in [1.29, 1.82) is 0 Å². The van der Waals surface area contributed by atoms with Crippen molar-refractivity contribution in [3.63, 3.8) is 0 Å². The van der Waals surface area contributed by atoms with Gasteiger partial charge in [-0.15, -0.1) is 0 Å². The van der Waals surface area contributed by atoms with Gasteiger partial charge in [0.15, 0.2) is 0 Å². The van der Waals surface area contributed by atoms with Gasteiger partial charge in [-0.25, -0.2) is 4.98 Å². The van der Waals surface area contributed by atoms with Crippen molar-refractivity contribution >= 4 is 44.1 Å². The molecule has 4 heteroatoms. The van der Waals surface area contributed by atoms with E-state index >= 15 is 0 Å². The average Bonchev–Trinajstić information content (AvgIpc) is 3.08. The molecule has 2 heterocycles. The van der Waals surface area contributed by atoms with Crippen molar-refractivity contribution in [1.82, 2.24) is 9.38 Å². The third kappa shape index (κ3) is 3.05. The van der Waals surface area contributed by atoms with E-state index in [0.717, 1.165) is 31.3 Å². The Bertz CT molecular complexity index is 1260. The normalized spacial score (nSPS) is 11.3. The third-order valence-electron chi connectivity index (χ3n) is 4.52. The van der Waals surface area contributed by atoms with Crippen molar-refractivity contribution in [2.75, 3.05) is 0 Å². The van der Waals surface area contributed by atoms with Crippen molar-refractivity contribution in [2.24, 2.45) is 0 Å². The molecule has 3 aromatic carbocycles. The number of benzene rings is 3. The smallest absolute Gasteiger partial charge is 0.146 e. The first-order valence-electron chi connectivity index (χ1n) is 8.69. The lowest BCUT2D eigenvalue weighted by Crippen LogP contribution is -1.91. The molecule has 0 N–H and O–H groups in total. The van der Waals surface area contributed by atoms with Crippen LogP contribution in [-0.2, 0) is 0 Å². The molecule has 0 spiro atoms. The van der Waals surface area contributed by atoms with Crippen LogP contribution in [0, 0.1) is 0 Å². The first-order chi connectivity index (χ1) is 13.3. The summed E-state index contributed by atoms with van der Waals surface area (Å²) in [7, 11) is 0. The molecule has 0 aliphatic heterocycles. The lowest BCUT2D eigenvalue weighted by Gasteiger charge is -2.06. The van der Waals surface area contributed by atoms with Crippen LogP contribution in [0.15, 0.2) is 105 Å². The highest BCUT2D eigenvalue weighted by Gasteiger charge is 2.16. The standard InChI is InChI=1S/C23H15BrN2S/c24-18-10-6-11-19(15-18)27-23-21-14-13-16-7-4-5-12-20(16)26(21)22(25-23)17-8-2-1-3-9-17/h1-15H. The fourth-order valence-corrected chi connectivity index (χ4v) is 4.80. The van der Waals surface area contributed by atoms with Crippen molar-refractivity contribution in [3.8, 4) is 11.4 Å². The Kier molecular flexibility index (Phi) is 4.23. The number of pyridine rings is 1. The Morgan fingerprint density at radius 1 is 0.741 bits per heavy atom. The maximum absolute atomic E-state index is 5.05. The highest BCUT2D eigenvalue weighted by molar-refractivity contribution is 9.10. The summed E-state index contributed by atoms with van der Waals surface area (Å²) in [5, 5.41) is 2.22. The largest absolute Gasteiger partial charge is 0.291 e. The van der Waals surface area contributed by atoms with Crippen LogP contribution in [0.2, 0.25) is 0 Å². The fourth-order valence-electron chi connectivity index (χ4n) is 3.30. The Hall–Kier alpha value is -2.56. The number of para-hydroxylation sites is 1. The summed E-state index contributed by atoms with van der Waals surface area (Å²) in [5.41, 5.74) is 3.41. The van der Waals surface area contributed by atoms with E-state index in [1.165, 1.54) is 10.9 Å². The Labute approximate surface area is 170 Å². The van der Waals surface area contributed by atoms with E-state index in [1.807, 2.05) is 12.1 Å². The molecule has 0 bridgehead atoms. The molecule has 2 aromatic heterocycles. The summed E-state index contributed by atoms with van der Waals surface area (Å²) in [6.07, 6.45) is 0. The van der Waals surface area contributed by atoms with E-state index in [4.69, 9.17) is 4.98 Å². The zero-order chi connectivity index (χ0) is 18.2. The number of aromatic nitrogens is 2. The van der Waals surface area contributed by atoms with Crippen LogP contribution >= 0.6 is 27.7 Å². The monoisotopic (exact) mass is 430 g/mol. The van der Waals surface area contributed by atoms with Gasteiger partial charge in [-0.1, -0.05) is 88.4 Å². The van der Waals surface area contributed by atoms with Crippen LogP contribution in [0.4, 0.5) is 0 Å². The van der Waals surface area contributed by atoms with Crippen LogP contribution in [0.3, 0.4) is 0 Å². The van der Waals surface area contributed by atoms with Gasteiger partial charge in [0.2, 0.25) is 0 Å². The first kappa shape index (κ1) is 16.6. The molecular weight excluding hydrogens is 416 g/mol. The molecule has 2 nitrogen and oxygen atoms in total. The number of hydrogen-bond donors (Lipinski definition) is 0. The molecule has 0 unspecified atom stereocenters. The van der Waals surface area contributed by atoms with Crippen LogP contribution in [0.1, 0.15) is 0 Å². The van der Waals surface area contributed by atoms with Gasteiger partial charge in [-0.3, -0.25) is 4.40 Å². The minimum atomic E-state index is 0.972. The highest BCUT2D eigenvalue weighted by atomic mass is 79.9. The number of fused-ring (bicyclic) bond motifs is 3. The van der Waals surface area contributed by atoms with Gasteiger partial charge in [-0.2, -0.15) is 0 Å². The molecule has 0 atom stereocenters. The van der Waals surface area contributed by atoms with Crippen molar-refractivity contribution in [3.05, 3.63) is 95.5 Å². The van der Waals surface area contributed by atoms with E-state index in [0.29, 0.717) is 0 Å². The first-order valence-corrected chi connectivity index (χ1v) is 10.3. The Morgan fingerprint density at radius 2 is 1.56 bits per heavy atom. The van der Waals surface area contributed by atoms with Crippen molar-refractivity contribution < 1.29 is 0 Å². The van der Waals surface area contributed by atoms with Gasteiger partial charge >= 0.3 is 0 Å². The van der Waals surface area contributed by atoms with Gasteiger partial charge in [0.05, 0.1) is 11.0 Å². The molecule has 27 heavy (non-hydrogen) atoms. The van der Waals surface area contributed by atoms with Crippen LogP contribution < -0.4 is 0 Å². The lowest BCUT2D eigenvalue weighted by atomic mass is 10.2. The zero-order valence-electron chi connectivity index (χ0n) is 14.3. The summed E-state index contributed by atoms with van der Waals surface area (Å²) in [4.78, 5) is 6.21. The SMILES string of the molecule is Brc1cccc(Sc2nc(-c3ccccc3)n3c2ccc2ccccc23)c1. The van der Waals surface area contributed by atoms with Gasteiger partial charge < -0.3 is 0 Å². The fraction of sp³-hybridized carbons (Fsp3) is 0. The van der Waals surface area contributed by atoms with E-state index in [2.05, 4.69) is 99.2 Å². The highest BCUT2D eigenvalue weighted by Crippen LogP contribution is 2.36. The summed E-state index contributed by atoms with van der Waals surface area (Å²) < 4.78 is 3.34. The second-order valence-corrected chi connectivity index (χ2v) is 8.26. The van der Waals surface area contributed by atoms with Gasteiger partial charge in [-0.05, 0) is 35.7 Å². The summed E-state index contributed by atoms with van der Waals surface area (Å²) >= 11 is 5.25. The maximum atomic E-state index is 5.05. The predicted molar refractivity (Wildman–Crippen MR) is 116 cm³/mol. The Balaban J connectivity index is 1.78. The zero-order valence-corrected chi connectivity index (χ0v) is 16.7. The molecule has 0 amide bonds. The van der Waals surface area contributed by atoms with Gasteiger partial charge in [0.1, 0.15) is 10.9 Å². The minimum absolute atomic E-state index is 0.972. The molecule has 5 rings (SSSR count). The molecular formula is C23H15BrN2S. The number of nitrogens with zero attached hydrogens (tertiary/aromatic N) is 2. The summed E-state index contributed by atoms with van der Waals surface area (Å²) in [6.45, 7) is 0. The second kappa shape index (κ2) is 6.87. The average molecular weight is 431 g/mol. The number of halogens is 1. The Morgan fingerprint density at radius 3 is 2.41 bits per heavy atom. The molecule has 0 radical (unpaired) electrons. The maximum Gasteiger partial charge on any atom is 0.146 e. The molecule has 0 fully saturated rings. The quantitative estimate of drug-likeness (QED) is 0.304. The topological polar surface area (TPSA) is 17.3 Å². The lowest BCUT2D eigenvalue weighted by molar-refractivity contribution is 1.18. The van der Waals surface area contributed by atoms with Crippen molar-refractivity contribution in [2.45, 2.75) is 9.92 Å². The third-order valence-corrected chi connectivity index (χ3v) is 6.00. The molecule has 0 aliphatic carbocycles. The molecule has 130 valence electrons. The number of rotatable bonds is 3. The molecule has 0 saturated carbocycles. The predicted octanol–water partition coefficient (Wildman–Crippen LogP) is 7.07. The van der Waals surface area contributed by atoms with E-state index in [1.54, 1.807) is 11.8 Å². The van der Waals surface area contributed by atoms with Gasteiger partial charge in [0, 0.05) is 14.9 Å². The summed E-state index contributed by atoms with van der Waals surface area (Å²) in [5.74, 6) is 0.972. The van der Waals surface area contributed by atoms with Gasteiger partial charge in [0.25, 0.3) is 0 Å². The van der Waals surface area contributed by atoms with Crippen LogP contribution in [-0.4, -0.2) is 9.38 Å².